The van der Waals surface area contributed by atoms with Crippen LogP contribution in [0.4, 0.5) is 18.9 Å². The molecule has 1 aromatic heterocycles. The molecule has 0 fully saturated rings. The van der Waals surface area contributed by atoms with Crippen LogP contribution in [0.3, 0.4) is 0 Å². The van der Waals surface area contributed by atoms with E-state index in [0.717, 1.165) is 12.1 Å². The predicted molar refractivity (Wildman–Crippen MR) is 80.9 cm³/mol. The number of aliphatic carboxylic acids is 1. The average molecular weight is 343 g/mol. The van der Waals surface area contributed by atoms with Gasteiger partial charge in [0.2, 0.25) is 5.91 Å². The molecule has 6 nitrogen and oxygen atoms in total. The lowest BCUT2D eigenvalue weighted by Crippen LogP contribution is -2.39. The van der Waals surface area contributed by atoms with Gasteiger partial charge in [0.05, 0.1) is 22.9 Å². The van der Waals surface area contributed by atoms with Crippen molar-refractivity contribution in [3.8, 4) is 0 Å². The number of hydrogen-bond donors (Lipinski definition) is 3. The van der Waals surface area contributed by atoms with Crippen LogP contribution in [-0.2, 0) is 22.3 Å². The fourth-order valence-corrected chi connectivity index (χ4v) is 2.56. The molecule has 0 bridgehead atoms. The fraction of sp³-hybridized carbons (Fsp3) is 0.333. The standard InChI is InChI=1S/C15H16F3N3O3/c1-14(13(20)24,6-12(22)23)7-21-3-2-9-10(19)4-8(5-11(9)21)15(16,17)18/h2-5H,6-7,19H2,1H3,(H2,20,24)(H,22,23). The van der Waals surface area contributed by atoms with E-state index in [4.69, 9.17) is 16.6 Å². The lowest BCUT2D eigenvalue weighted by molar-refractivity contribution is -0.144. The number of alkyl halides is 3. The van der Waals surface area contributed by atoms with Gasteiger partial charge in [-0.25, -0.2) is 0 Å². The van der Waals surface area contributed by atoms with Crippen molar-refractivity contribution in [2.24, 2.45) is 11.1 Å². The van der Waals surface area contributed by atoms with Gasteiger partial charge in [-0.15, -0.1) is 0 Å². The summed E-state index contributed by atoms with van der Waals surface area (Å²) in [6.45, 7) is 1.17. The quantitative estimate of drug-likeness (QED) is 0.723. The lowest BCUT2D eigenvalue weighted by Gasteiger charge is -2.25. The Labute approximate surface area is 134 Å². The zero-order valence-electron chi connectivity index (χ0n) is 12.7. The first-order chi connectivity index (χ1) is 10.9. The van der Waals surface area contributed by atoms with Crippen molar-refractivity contribution in [1.82, 2.24) is 4.57 Å². The summed E-state index contributed by atoms with van der Waals surface area (Å²) in [4.78, 5) is 22.6. The number of anilines is 1. The van der Waals surface area contributed by atoms with Gasteiger partial charge in [0.15, 0.2) is 0 Å². The number of rotatable bonds is 5. The second-order valence-corrected chi connectivity index (χ2v) is 5.94. The number of aromatic nitrogens is 1. The molecular weight excluding hydrogens is 327 g/mol. The number of fused-ring (bicyclic) bond motifs is 1. The smallest absolute Gasteiger partial charge is 0.416 e. The Kier molecular flexibility index (Phi) is 4.21. The second kappa shape index (κ2) is 5.73. The lowest BCUT2D eigenvalue weighted by atomic mass is 9.85. The van der Waals surface area contributed by atoms with Crippen molar-refractivity contribution in [2.75, 3.05) is 5.73 Å². The molecule has 0 radical (unpaired) electrons. The Morgan fingerprint density at radius 1 is 1.29 bits per heavy atom. The summed E-state index contributed by atoms with van der Waals surface area (Å²) in [6.07, 6.45) is -3.67. The van der Waals surface area contributed by atoms with Gasteiger partial charge < -0.3 is 21.1 Å². The predicted octanol–water partition coefficient (Wildman–Crippen LogP) is 2.21. The maximum absolute atomic E-state index is 13.0. The molecule has 0 spiro atoms. The van der Waals surface area contributed by atoms with Crippen LogP contribution in [-0.4, -0.2) is 21.6 Å². The monoisotopic (exact) mass is 343 g/mol. The zero-order valence-corrected chi connectivity index (χ0v) is 12.7. The van der Waals surface area contributed by atoms with E-state index in [0.29, 0.717) is 5.39 Å². The van der Waals surface area contributed by atoms with Crippen LogP contribution < -0.4 is 11.5 Å². The number of carboxylic acids is 1. The summed E-state index contributed by atoms with van der Waals surface area (Å²) in [5, 5.41) is 9.33. The third-order valence-electron chi connectivity index (χ3n) is 3.90. The molecule has 1 aromatic carbocycles. The molecule has 1 amide bonds. The number of benzene rings is 1. The van der Waals surface area contributed by atoms with Crippen LogP contribution in [0.15, 0.2) is 24.4 Å². The molecule has 0 saturated carbocycles. The van der Waals surface area contributed by atoms with Crippen molar-refractivity contribution in [3.63, 3.8) is 0 Å². The Morgan fingerprint density at radius 3 is 2.42 bits per heavy atom. The minimum atomic E-state index is -4.58. The number of nitrogen functional groups attached to an aromatic ring is 1. The molecular formula is C15H16F3N3O3. The van der Waals surface area contributed by atoms with E-state index in [1.54, 1.807) is 0 Å². The number of nitrogens with two attached hydrogens (primary N) is 2. The maximum atomic E-state index is 13.0. The van der Waals surface area contributed by atoms with E-state index in [1.165, 1.54) is 23.8 Å². The van der Waals surface area contributed by atoms with E-state index in [2.05, 4.69) is 0 Å². The molecule has 2 rings (SSSR count). The molecule has 1 heterocycles. The SMILES string of the molecule is CC(CC(=O)O)(Cn1ccc2c(N)cc(C(F)(F)F)cc21)C(N)=O. The summed E-state index contributed by atoms with van der Waals surface area (Å²) in [5.41, 5.74) is 8.67. The highest BCUT2D eigenvalue weighted by molar-refractivity contribution is 5.92. The number of carboxylic acid groups (broad SMARTS) is 1. The topological polar surface area (TPSA) is 111 Å². The average Bonchev–Trinajstić information content (AvgIpc) is 2.80. The van der Waals surface area contributed by atoms with Gasteiger partial charge in [-0.2, -0.15) is 13.2 Å². The number of primary amides is 1. The summed E-state index contributed by atoms with van der Waals surface area (Å²) in [5.74, 6) is -2.09. The van der Waals surface area contributed by atoms with E-state index in [1.807, 2.05) is 0 Å². The molecule has 130 valence electrons. The van der Waals surface area contributed by atoms with Crippen LogP contribution in [0.25, 0.3) is 10.9 Å². The molecule has 0 aliphatic heterocycles. The van der Waals surface area contributed by atoms with Gasteiger partial charge in [0.25, 0.3) is 0 Å². The van der Waals surface area contributed by atoms with Crippen LogP contribution in [0.2, 0.25) is 0 Å². The highest BCUT2D eigenvalue weighted by Gasteiger charge is 2.35. The van der Waals surface area contributed by atoms with Crippen molar-refractivity contribution in [2.45, 2.75) is 26.1 Å². The van der Waals surface area contributed by atoms with Crippen molar-refractivity contribution < 1.29 is 27.9 Å². The number of carbonyl (C=O) groups is 2. The highest BCUT2D eigenvalue weighted by Crippen LogP contribution is 2.35. The molecule has 1 atom stereocenters. The molecule has 0 aliphatic rings. The molecule has 1 unspecified atom stereocenters. The van der Waals surface area contributed by atoms with E-state index in [9.17, 15) is 22.8 Å². The number of amides is 1. The summed E-state index contributed by atoms with van der Waals surface area (Å²) < 4.78 is 40.2. The van der Waals surface area contributed by atoms with Crippen molar-refractivity contribution in [3.05, 3.63) is 30.0 Å². The van der Waals surface area contributed by atoms with Gasteiger partial charge in [0, 0.05) is 23.8 Å². The summed E-state index contributed by atoms with van der Waals surface area (Å²) in [7, 11) is 0. The second-order valence-electron chi connectivity index (χ2n) is 5.94. The van der Waals surface area contributed by atoms with Gasteiger partial charge in [-0.3, -0.25) is 9.59 Å². The Morgan fingerprint density at radius 2 is 1.92 bits per heavy atom. The summed E-state index contributed by atoms with van der Waals surface area (Å²) >= 11 is 0. The third kappa shape index (κ3) is 3.29. The first kappa shape index (κ1) is 17.6. The molecule has 2 aromatic rings. The van der Waals surface area contributed by atoms with Crippen molar-refractivity contribution >= 4 is 28.5 Å². The first-order valence-electron chi connectivity index (χ1n) is 6.91. The number of halogens is 3. The van der Waals surface area contributed by atoms with Crippen LogP contribution in [0.1, 0.15) is 18.9 Å². The molecule has 0 saturated heterocycles. The highest BCUT2D eigenvalue weighted by atomic mass is 19.4. The molecule has 0 aliphatic carbocycles. The Balaban J connectivity index is 2.55. The van der Waals surface area contributed by atoms with E-state index < -0.39 is 35.5 Å². The fourth-order valence-electron chi connectivity index (χ4n) is 2.56. The largest absolute Gasteiger partial charge is 0.481 e. The van der Waals surface area contributed by atoms with Gasteiger partial charge >= 0.3 is 12.1 Å². The summed E-state index contributed by atoms with van der Waals surface area (Å²) in [6, 6.07) is 3.25. The third-order valence-corrected chi connectivity index (χ3v) is 3.90. The zero-order chi connectivity index (χ0) is 18.3. The van der Waals surface area contributed by atoms with Crippen molar-refractivity contribution in [1.29, 1.82) is 0 Å². The minimum Gasteiger partial charge on any atom is -0.481 e. The van der Waals surface area contributed by atoms with Crippen LogP contribution in [0, 0.1) is 5.41 Å². The first-order valence-corrected chi connectivity index (χ1v) is 6.91. The van der Waals surface area contributed by atoms with Crippen LogP contribution in [0.5, 0.6) is 0 Å². The minimum absolute atomic E-state index is 0.0578. The van der Waals surface area contributed by atoms with E-state index in [-0.39, 0.29) is 17.7 Å². The molecule has 5 N–H and O–H groups in total. The Hall–Kier alpha value is -2.71. The van der Waals surface area contributed by atoms with E-state index >= 15 is 0 Å². The molecule has 9 heteroatoms. The van der Waals surface area contributed by atoms with Gasteiger partial charge in [0.1, 0.15) is 0 Å². The normalized spacial score (nSPS) is 14.5. The van der Waals surface area contributed by atoms with Gasteiger partial charge in [-0.05, 0) is 25.1 Å². The number of nitrogens with zero attached hydrogens (tertiary/aromatic N) is 1. The number of carbonyl (C=O) groups excluding carboxylic acids is 1. The number of hydrogen-bond acceptors (Lipinski definition) is 3. The molecule has 24 heavy (non-hydrogen) atoms. The Bertz CT molecular complexity index is 813. The van der Waals surface area contributed by atoms with Gasteiger partial charge in [-0.1, -0.05) is 0 Å². The van der Waals surface area contributed by atoms with Crippen LogP contribution >= 0.6 is 0 Å². The maximum Gasteiger partial charge on any atom is 0.416 e.